The first-order valence-corrected chi connectivity index (χ1v) is 12.4. The monoisotopic (exact) mass is 456 g/mol. The number of piperidine rings is 1. The van der Waals surface area contributed by atoms with E-state index in [-0.39, 0.29) is 23.6 Å². The van der Waals surface area contributed by atoms with E-state index in [4.69, 9.17) is 9.15 Å². The van der Waals surface area contributed by atoms with E-state index in [2.05, 4.69) is 9.97 Å². The van der Waals surface area contributed by atoms with Crippen molar-refractivity contribution in [3.8, 4) is 11.5 Å². The minimum atomic E-state index is -0.261. The van der Waals surface area contributed by atoms with Crippen molar-refractivity contribution >= 4 is 23.8 Å². The molecule has 0 bridgehead atoms. The van der Waals surface area contributed by atoms with Crippen molar-refractivity contribution in [2.24, 2.45) is 0 Å². The number of thioether (sulfide) groups is 1. The van der Waals surface area contributed by atoms with Crippen LogP contribution in [0.15, 0.2) is 40.2 Å². The molecule has 4 heterocycles. The van der Waals surface area contributed by atoms with Gasteiger partial charge in [0, 0.05) is 25.3 Å². The summed E-state index contributed by atoms with van der Waals surface area (Å²) in [7, 11) is 0. The van der Waals surface area contributed by atoms with E-state index < -0.39 is 0 Å². The molecule has 0 N–H and O–H groups in total. The number of rotatable bonds is 5. The summed E-state index contributed by atoms with van der Waals surface area (Å²) in [5.41, 5.74) is 0.442. The molecule has 170 valence electrons. The quantitative estimate of drug-likeness (QED) is 0.497. The van der Waals surface area contributed by atoms with Gasteiger partial charge in [-0.1, -0.05) is 18.2 Å². The molecule has 2 aromatic rings. The summed E-state index contributed by atoms with van der Waals surface area (Å²) in [6, 6.07) is 5.61. The fourth-order valence-electron chi connectivity index (χ4n) is 5.00. The molecule has 5 rings (SSSR count). The van der Waals surface area contributed by atoms with Crippen molar-refractivity contribution in [1.29, 1.82) is 0 Å². The zero-order valence-electron chi connectivity index (χ0n) is 18.1. The second-order valence-electron chi connectivity index (χ2n) is 8.84. The second kappa shape index (κ2) is 9.13. The van der Waals surface area contributed by atoms with E-state index in [1.54, 1.807) is 18.5 Å². The Morgan fingerprint density at radius 3 is 2.75 bits per heavy atom. The van der Waals surface area contributed by atoms with Gasteiger partial charge in [0.15, 0.2) is 10.9 Å². The van der Waals surface area contributed by atoms with Crippen LogP contribution < -0.4 is 0 Å². The summed E-state index contributed by atoms with van der Waals surface area (Å²) in [6.07, 6.45) is 10.2. The lowest BCUT2D eigenvalue weighted by atomic mass is 9.84. The van der Waals surface area contributed by atoms with Gasteiger partial charge in [-0.15, -0.1) is 0 Å². The largest absolute Gasteiger partial charge is 0.463 e. The number of nitrogens with zero attached hydrogens (tertiary/aromatic N) is 4. The fraction of sp³-hybridized carbons (Fsp3) is 0.565. The molecule has 9 heteroatoms. The van der Waals surface area contributed by atoms with Gasteiger partial charge in [0.25, 0.3) is 0 Å². The third-order valence-electron chi connectivity index (χ3n) is 6.75. The third-order valence-corrected chi connectivity index (χ3v) is 7.60. The number of aromatic nitrogens is 2. The molecule has 3 aliphatic rings. The highest BCUT2D eigenvalue weighted by atomic mass is 32.2. The Kier molecular flexibility index (Phi) is 6.08. The van der Waals surface area contributed by atoms with Gasteiger partial charge in [0.1, 0.15) is 11.3 Å². The fourth-order valence-corrected chi connectivity index (χ4v) is 5.74. The van der Waals surface area contributed by atoms with E-state index in [0.717, 1.165) is 38.5 Å². The first-order chi connectivity index (χ1) is 15.6. The normalized spacial score (nSPS) is 21.2. The second-order valence-corrected chi connectivity index (χ2v) is 9.78. The molecule has 1 spiro atoms. The van der Waals surface area contributed by atoms with Crippen molar-refractivity contribution < 1.29 is 18.7 Å². The summed E-state index contributed by atoms with van der Waals surface area (Å²) < 4.78 is 11.2. The van der Waals surface area contributed by atoms with Crippen LogP contribution in [0.3, 0.4) is 0 Å². The van der Waals surface area contributed by atoms with Gasteiger partial charge < -0.3 is 19.0 Å². The van der Waals surface area contributed by atoms with Crippen LogP contribution in [0.4, 0.5) is 4.79 Å². The number of hydrogen-bond donors (Lipinski definition) is 0. The average molecular weight is 457 g/mol. The van der Waals surface area contributed by atoms with Crippen LogP contribution in [-0.4, -0.2) is 68.8 Å². The summed E-state index contributed by atoms with van der Waals surface area (Å²) in [5.74, 6) is 1.05. The Morgan fingerprint density at radius 2 is 2.00 bits per heavy atom. The lowest BCUT2D eigenvalue weighted by molar-refractivity contribution is -0.129. The Balaban J connectivity index is 1.11. The number of amides is 2. The van der Waals surface area contributed by atoms with Gasteiger partial charge in [0.2, 0.25) is 5.91 Å². The van der Waals surface area contributed by atoms with Crippen LogP contribution in [0.1, 0.15) is 44.9 Å². The average Bonchev–Trinajstić information content (AvgIpc) is 3.47. The highest BCUT2D eigenvalue weighted by Crippen LogP contribution is 2.38. The van der Waals surface area contributed by atoms with Crippen LogP contribution in [-0.2, 0) is 9.53 Å². The summed E-state index contributed by atoms with van der Waals surface area (Å²) in [6.45, 7) is 2.03. The van der Waals surface area contributed by atoms with Crippen LogP contribution in [0.2, 0.25) is 0 Å². The molecule has 8 nitrogen and oxygen atoms in total. The summed E-state index contributed by atoms with van der Waals surface area (Å²) >= 11 is 1.34. The predicted octanol–water partition coefficient (Wildman–Crippen LogP) is 3.97. The van der Waals surface area contributed by atoms with Crippen LogP contribution in [0, 0.1) is 0 Å². The lowest BCUT2D eigenvalue weighted by Gasteiger charge is -2.36. The molecule has 1 aliphatic carbocycles. The van der Waals surface area contributed by atoms with Gasteiger partial charge >= 0.3 is 6.09 Å². The maximum Gasteiger partial charge on any atom is 0.410 e. The number of carbonyl (C=O) groups is 2. The van der Waals surface area contributed by atoms with Crippen molar-refractivity contribution in [3.63, 3.8) is 0 Å². The predicted molar refractivity (Wildman–Crippen MR) is 119 cm³/mol. The zero-order valence-corrected chi connectivity index (χ0v) is 18.9. The van der Waals surface area contributed by atoms with Crippen molar-refractivity contribution in [2.75, 3.05) is 25.4 Å². The maximum absolute atomic E-state index is 12.7. The number of furan rings is 1. The smallest absolute Gasteiger partial charge is 0.410 e. The van der Waals surface area contributed by atoms with Gasteiger partial charge in [0.05, 0.1) is 18.6 Å². The topological polar surface area (TPSA) is 88.8 Å². The molecule has 1 saturated carbocycles. The highest BCUT2D eigenvalue weighted by Gasteiger charge is 2.48. The molecule has 2 saturated heterocycles. The lowest BCUT2D eigenvalue weighted by Crippen LogP contribution is -2.48. The van der Waals surface area contributed by atoms with E-state index in [1.807, 2.05) is 21.9 Å². The van der Waals surface area contributed by atoms with Crippen molar-refractivity contribution in [1.82, 2.24) is 19.8 Å². The molecular formula is C23H28N4O4S. The molecule has 3 fully saturated rings. The van der Waals surface area contributed by atoms with E-state index in [0.29, 0.717) is 42.0 Å². The van der Waals surface area contributed by atoms with Gasteiger partial charge in [-0.05, 0) is 56.7 Å². The molecule has 2 amide bonds. The standard InChI is InChI=1S/C23H28N4O4S/c28-20(15-32-21-24-11-6-18(25-21)19-5-4-14-30-19)26-12-7-17(8-13-26)27-16-23(31-22(27)29)9-2-1-3-10-23/h4-6,11,14,17H,1-3,7-10,12-13,15-16H2. The molecule has 0 atom stereocenters. The van der Waals surface area contributed by atoms with Gasteiger partial charge in [-0.25, -0.2) is 14.8 Å². The minimum Gasteiger partial charge on any atom is -0.463 e. The molecule has 2 aliphatic heterocycles. The Bertz CT molecular complexity index is 953. The molecule has 32 heavy (non-hydrogen) atoms. The van der Waals surface area contributed by atoms with Crippen molar-refractivity contribution in [3.05, 3.63) is 30.7 Å². The molecule has 0 unspecified atom stereocenters. The number of ether oxygens (including phenoxy) is 1. The SMILES string of the molecule is O=C(CSc1nccc(-c2ccco2)n1)N1CCC(N2CC3(CCCCC3)OC2=O)CC1. The van der Waals surface area contributed by atoms with Crippen molar-refractivity contribution in [2.45, 2.75) is 61.7 Å². The van der Waals surface area contributed by atoms with Crippen LogP contribution in [0.5, 0.6) is 0 Å². The van der Waals surface area contributed by atoms with E-state index in [9.17, 15) is 9.59 Å². The van der Waals surface area contributed by atoms with E-state index >= 15 is 0 Å². The minimum absolute atomic E-state index is 0.0770. The first kappa shape index (κ1) is 21.3. The number of likely N-dealkylation sites (tertiary alicyclic amines) is 1. The molecule has 0 radical (unpaired) electrons. The number of hydrogen-bond acceptors (Lipinski definition) is 7. The Morgan fingerprint density at radius 1 is 1.19 bits per heavy atom. The van der Waals surface area contributed by atoms with Crippen LogP contribution >= 0.6 is 11.8 Å². The molecule has 2 aromatic heterocycles. The highest BCUT2D eigenvalue weighted by molar-refractivity contribution is 7.99. The summed E-state index contributed by atoms with van der Waals surface area (Å²) in [4.78, 5) is 37.8. The van der Waals surface area contributed by atoms with Gasteiger partial charge in [-0.3, -0.25) is 4.79 Å². The van der Waals surface area contributed by atoms with E-state index in [1.165, 1.54) is 18.2 Å². The Labute approximate surface area is 191 Å². The Hall–Kier alpha value is -2.55. The van der Waals surface area contributed by atoms with Crippen LogP contribution in [0.25, 0.3) is 11.5 Å². The maximum atomic E-state index is 12.7. The molecule has 0 aromatic carbocycles. The number of carbonyl (C=O) groups excluding carboxylic acids is 2. The summed E-state index contributed by atoms with van der Waals surface area (Å²) in [5, 5.41) is 0.555. The zero-order chi connectivity index (χ0) is 22.0. The molecular weight excluding hydrogens is 428 g/mol. The van der Waals surface area contributed by atoms with Gasteiger partial charge in [-0.2, -0.15) is 0 Å². The first-order valence-electron chi connectivity index (χ1n) is 11.4. The third kappa shape index (κ3) is 4.48.